The van der Waals surface area contributed by atoms with Gasteiger partial charge in [-0.3, -0.25) is 4.79 Å². The van der Waals surface area contributed by atoms with Gasteiger partial charge >= 0.3 is 0 Å². The van der Waals surface area contributed by atoms with E-state index in [1.807, 2.05) is 31.5 Å². The molecule has 0 aliphatic carbocycles. The number of carbonyl (C=O) groups excluding carboxylic acids is 1. The number of carbonyl (C=O) groups is 1. The highest BCUT2D eigenvalue weighted by Gasteiger charge is 2.21. The summed E-state index contributed by atoms with van der Waals surface area (Å²) < 4.78 is 16.2. The van der Waals surface area contributed by atoms with Gasteiger partial charge in [0.2, 0.25) is 6.41 Å². The first-order chi connectivity index (χ1) is 14.5. The molecule has 0 spiro atoms. The number of aromatic nitrogens is 2. The van der Waals surface area contributed by atoms with Gasteiger partial charge in [-0.15, -0.1) is 0 Å². The largest absolute Gasteiger partial charge is 0.310 e. The van der Waals surface area contributed by atoms with Gasteiger partial charge in [0.05, 0.1) is 11.5 Å². The average molecular weight is 424 g/mol. The first kappa shape index (κ1) is 20.7. The van der Waals surface area contributed by atoms with Gasteiger partial charge in [0.25, 0.3) is 0 Å². The molecule has 2 aromatic rings. The number of amides is 1. The summed E-state index contributed by atoms with van der Waals surface area (Å²) in [5.41, 5.74) is 3.97. The lowest BCUT2D eigenvalue weighted by molar-refractivity contribution is -0.116. The summed E-state index contributed by atoms with van der Waals surface area (Å²) in [6.45, 7) is 5.91. The lowest BCUT2D eigenvalue weighted by Crippen LogP contribution is -2.27. The number of fused-ring (bicyclic) bond motifs is 1. The van der Waals surface area contributed by atoms with E-state index in [2.05, 4.69) is 36.0 Å². The third kappa shape index (κ3) is 4.16. The predicted octanol–water partition coefficient (Wildman–Crippen LogP) is 4.32. The Morgan fingerprint density at radius 2 is 2.20 bits per heavy atom. The maximum Gasteiger partial charge on any atom is 0.214 e. The minimum atomic E-state index is -0.373. The van der Waals surface area contributed by atoms with Crippen molar-refractivity contribution < 1.29 is 9.18 Å². The Kier molecular flexibility index (Phi) is 5.98. The Labute approximate surface area is 178 Å². The molecule has 156 valence electrons. The normalized spacial score (nSPS) is 20.9. The predicted molar refractivity (Wildman–Crippen MR) is 121 cm³/mol. The standard InChI is InChI=1S/C23H26FN4OP/c1-4-21(17-7-9-26(3)10-8-17)30-22-6-5-18(13-28(22)15-29)19-11-20(24)23-25-16(2)12-27(23)14-19/h4-7,11-15,22,30H,8-10H2,1-3H3/b21-4-. The van der Waals surface area contributed by atoms with Crippen LogP contribution in [-0.4, -0.2) is 51.5 Å². The molecule has 7 heteroatoms. The lowest BCUT2D eigenvalue weighted by atomic mass is 10.1. The van der Waals surface area contributed by atoms with Gasteiger partial charge in [-0.1, -0.05) is 32.9 Å². The molecule has 2 aromatic heterocycles. The van der Waals surface area contributed by atoms with Crippen molar-refractivity contribution in [3.8, 4) is 0 Å². The summed E-state index contributed by atoms with van der Waals surface area (Å²) in [5.74, 6) is -0.399. The van der Waals surface area contributed by atoms with Crippen molar-refractivity contribution in [3.63, 3.8) is 0 Å². The van der Waals surface area contributed by atoms with Gasteiger partial charge in [-0.25, -0.2) is 9.37 Å². The minimum Gasteiger partial charge on any atom is -0.310 e. The number of hydrogen-bond donors (Lipinski definition) is 0. The van der Waals surface area contributed by atoms with Crippen LogP contribution in [0.1, 0.15) is 24.6 Å². The van der Waals surface area contributed by atoms with E-state index in [9.17, 15) is 9.18 Å². The zero-order chi connectivity index (χ0) is 21.3. The quantitative estimate of drug-likeness (QED) is 0.530. The summed E-state index contributed by atoms with van der Waals surface area (Å²) >= 11 is 0. The SMILES string of the molecule is C/C=C(\PC1C=CC(c2cc(F)c3nc(C)cn3c2)=CN1C=O)C1=CCN(C)CC1. The number of nitrogens with zero attached hydrogens (tertiary/aromatic N) is 4. The Morgan fingerprint density at radius 3 is 2.90 bits per heavy atom. The van der Waals surface area contributed by atoms with Gasteiger partial charge in [0, 0.05) is 37.2 Å². The molecule has 0 radical (unpaired) electrons. The summed E-state index contributed by atoms with van der Waals surface area (Å²) in [5, 5.41) is 1.31. The van der Waals surface area contributed by atoms with E-state index in [0.29, 0.717) is 19.8 Å². The maximum absolute atomic E-state index is 14.5. The molecule has 2 aliphatic rings. The number of pyridine rings is 1. The molecule has 0 fully saturated rings. The van der Waals surface area contributed by atoms with E-state index in [4.69, 9.17) is 0 Å². The maximum atomic E-state index is 14.5. The second-order valence-electron chi connectivity index (χ2n) is 7.72. The molecule has 0 N–H and O–H groups in total. The van der Waals surface area contributed by atoms with Crippen LogP contribution in [0.5, 0.6) is 0 Å². The molecule has 0 bridgehead atoms. The van der Waals surface area contributed by atoms with Gasteiger partial charge in [-0.2, -0.15) is 0 Å². The summed E-state index contributed by atoms with van der Waals surface area (Å²) in [7, 11) is 2.59. The molecule has 2 unspecified atom stereocenters. The van der Waals surface area contributed by atoms with E-state index in [1.54, 1.807) is 15.5 Å². The second-order valence-corrected chi connectivity index (χ2v) is 9.14. The second kappa shape index (κ2) is 8.66. The van der Waals surface area contributed by atoms with Gasteiger partial charge < -0.3 is 14.2 Å². The van der Waals surface area contributed by atoms with E-state index < -0.39 is 0 Å². The molecule has 4 rings (SSSR count). The number of likely N-dealkylation sites (N-methyl/N-ethyl adjacent to an activating group) is 1. The highest BCUT2D eigenvalue weighted by atomic mass is 31.1. The van der Waals surface area contributed by atoms with Crippen molar-refractivity contribution in [2.75, 3.05) is 20.1 Å². The van der Waals surface area contributed by atoms with E-state index >= 15 is 0 Å². The number of rotatable bonds is 5. The summed E-state index contributed by atoms with van der Waals surface area (Å²) in [4.78, 5) is 20.0. The lowest BCUT2D eigenvalue weighted by Gasteiger charge is -2.30. The monoisotopic (exact) mass is 424 g/mol. The third-order valence-electron chi connectivity index (χ3n) is 5.50. The van der Waals surface area contributed by atoms with Crippen LogP contribution < -0.4 is 0 Å². The molecule has 0 saturated heterocycles. The molecule has 30 heavy (non-hydrogen) atoms. The highest BCUT2D eigenvalue weighted by molar-refractivity contribution is 7.44. The van der Waals surface area contributed by atoms with Crippen molar-refractivity contribution in [2.24, 2.45) is 0 Å². The van der Waals surface area contributed by atoms with E-state index in [1.165, 1.54) is 17.0 Å². The van der Waals surface area contributed by atoms with E-state index in [-0.39, 0.29) is 11.6 Å². The molecule has 0 saturated carbocycles. The molecule has 5 nitrogen and oxygen atoms in total. The van der Waals surface area contributed by atoms with Crippen LogP contribution in [-0.2, 0) is 4.79 Å². The van der Waals surface area contributed by atoms with Crippen molar-refractivity contribution >= 4 is 26.2 Å². The molecule has 2 aliphatic heterocycles. The van der Waals surface area contributed by atoms with Crippen molar-refractivity contribution in [1.82, 2.24) is 19.2 Å². The van der Waals surface area contributed by atoms with Crippen LogP contribution in [0.2, 0.25) is 0 Å². The Hall–Kier alpha value is -2.56. The van der Waals surface area contributed by atoms with Crippen LogP contribution in [0.4, 0.5) is 4.39 Å². The third-order valence-corrected chi connectivity index (χ3v) is 7.21. The van der Waals surface area contributed by atoms with Crippen LogP contribution in [0.3, 0.4) is 0 Å². The Balaban J connectivity index is 1.56. The summed E-state index contributed by atoms with van der Waals surface area (Å²) in [6.07, 6.45) is 15.8. The topological polar surface area (TPSA) is 40.9 Å². The van der Waals surface area contributed by atoms with Crippen molar-refractivity contribution in [1.29, 1.82) is 0 Å². The number of imidazole rings is 1. The Morgan fingerprint density at radius 1 is 1.37 bits per heavy atom. The van der Waals surface area contributed by atoms with Crippen LogP contribution in [0, 0.1) is 12.7 Å². The zero-order valence-electron chi connectivity index (χ0n) is 17.5. The number of allylic oxidation sites excluding steroid dienone is 4. The molecule has 2 atom stereocenters. The number of hydrogen-bond acceptors (Lipinski definition) is 3. The van der Waals surface area contributed by atoms with Crippen LogP contribution in [0.15, 0.2) is 59.9 Å². The smallest absolute Gasteiger partial charge is 0.214 e. The minimum absolute atomic E-state index is 0.0259. The fourth-order valence-electron chi connectivity index (χ4n) is 3.84. The molecule has 1 amide bonds. The fraction of sp³-hybridized carbons (Fsp3) is 0.304. The highest BCUT2D eigenvalue weighted by Crippen LogP contribution is 2.41. The fourth-order valence-corrected chi connectivity index (χ4v) is 5.22. The zero-order valence-corrected chi connectivity index (χ0v) is 18.5. The van der Waals surface area contributed by atoms with Gasteiger partial charge in [0.1, 0.15) is 0 Å². The van der Waals surface area contributed by atoms with Crippen LogP contribution >= 0.6 is 8.58 Å². The first-order valence-corrected chi connectivity index (χ1v) is 11.1. The van der Waals surface area contributed by atoms with E-state index in [0.717, 1.165) is 37.2 Å². The molecular formula is C23H26FN4OP. The van der Waals surface area contributed by atoms with Crippen molar-refractivity contribution in [2.45, 2.75) is 26.1 Å². The Bertz CT molecular complexity index is 1100. The van der Waals surface area contributed by atoms with Gasteiger partial charge in [-0.05, 0) is 49.8 Å². The number of aryl methyl sites for hydroxylation is 1. The molecule has 0 aromatic carbocycles. The first-order valence-electron chi connectivity index (χ1n) is 10.1. The van der Waals surface area contributed by atoms with Crippen molar-refractivity contribution in [3.05, 3.63) is 76.9 Å². The molecule has 4 heterocycles. The van der Waals surface area contributed by atoms with Gasteiger partial charge in [0.15, 0.2) is 11.5 Å². The van der Waals surface area contributed by atoms with Crippen LogP contribution in [0.25, 0.3) is 11.2 Å². The molecular weight excluding hydrogens is 398 g/mol. The average Bonchev–Trinajstić information content (AvgIpc) is 3.13. The number of halogens is 1. The summed E-state index contributed by atoms with van der Waals surface area (Å²) in [6, 6.07) is 1.48.